The molecule has 3 heterocycles. The maximum absolute atomic E-state index is 6.00. The Balaban J connectivity index is 0.00000544. The molecular weight excluding hydrogens is 912 g/mol. The van der Waals surface area contributed by atoms with E-state index in [9.17, 15) is 0 Å². The largest absolute Gasteiger partial charge is 2.00 e. The first kappa shape index (κ1) is 43.3. The Bertz CT molecular complexity index is 2710. The second-order valence-electron chi connectivity index (χ2n) is 19.4. The molecule has 4 nitrogen and oxygen atoms in total. The molecule has 0 saturated heterocycles. The molecule has 0 aliphatic carbocycles. The smallest absolute Gasteiger partial charge is 0.358 e. The molecule has 0 bridgehead atoms. The third kappa shape index (κ3) is 7.27. The van der Waals surface area contributed by atoms with Crippen molar-refractivity contribution in [3.8, 4) is 28.1 Å². The average molecular weight is 972 g/mol. The Labute approximate surface area is 373 Å². The number of fused-ring (bicyclic) bond motifs is 3. The van der Waals surface area contributed by atoms with E-state index < -0.39 is 5.54 Å². The molecule has 1 atom stereocenters. The van der Waals surface area contributed by atoms with Gasteiger partial charge in [-0.05, 0) is 121 Å². The normalized spacial score (nSPS) is 16.7. The first-order valence-electron chi connectivity index (χ1n) is 21.4. The van der Waals surface area contributed by atoms with Crippen molar-refractivity contribution in [3.05, 3.63) is 149 Å². The zero-order chi connectivity index (χ0) is 42.2. The minimum atomic E-state index is -0.407. The molecular formula is C55H60N4Pt. The van der Waals surface area contributed by atoms with E-state index in [0.29, 0.717) is 17.8 Å². The number of hydrogen-bond donors (Lipinski definition) is 0. The Morgan fingerprint density at radius 1 is 0.667 bits per heavy atom. The topological polar surface area (TPSA) is 33.4 Å². The SMILES string of the molecule is Cc1cc(C)c(N2C(c3[c-]c(-n4c5[c-]c(-c6cc(C(C)(C)C)ccn6)ccc5c5ccccc54)cc(-c4ccccc4)c3)=N[C@](C)(C(C(C)C)C(C)C)C2(C)C)c(C)c1.[Pt+2]. The summed E-state index contributed by atoms with van der Waals surface area (Å²) in [5.41, 5.74) is 13.7. The van der Waals surface area contributed by atoms with Crippen molar-refractivity contribution in [2.45, 2.75) is 107 Å². The predicted molar refractivity (Wildman–Crippen MR) is 251 cm³/mol. The van der Waals surface area contributed by atoms with Crippen LogP contribution in [0.5, 0.6) is 0 Å². The van der Waals surface area contributed by atoms with Crippen molar-refractivity contribution >= 4 is 33.3 Å². The molecule has 0 fully saturated rings. The number of hydrogen-bond acceptors (Lipinski definition) is 3. The van der Waals surface area contributed by atoms with Crippen LogP contribution in [0.3, 0.4) is 0 Å². The van der Waals surface area contributed by atoms with Crippen LogP contribution in [-0.4, -0.2) is 26.5 Å². The fourth-order valence-electron chi connectivity index (χ4n) is 10.5. The van der Waals surface area contributed by atoms with Crippen molar-refractivity contribution in [1.29, 1.82) is 0 Å². The molecule has 2 aromatic heterocycles. The van der Waals surface area contributed by atoms with Crippen molar-refractivity contribution in [2.75, 3.05) is 4.90 Å². The third-order valence-electron chi connectivity index (χ3n) is 13.2. The molecule has 8 rings (SSSR count). The summed E-state index contributed by atoms with van der Waals surface area (Å²) < 4.78 is 2.36. The van der Waals surface area contributed by atoms with Gasteiger partial charge in [-0.2, -0.15) is 0 Å². The molecule has 0 unspecified atom stereocenters. The van der Waals surface area contributed by atoms with E-state index in [1.165, 1.54) is 33.3 Å². The number of anilines is 1. The number of nitrogens with zero attached hydrogens (tertiary/aromatic N) is 4. The van der Waals surface area contributed by atoms with Crippen LogP contribution in [0.2, 0.25) is 0 Å². The van der Waals surface area contributed by atoms with E-state index in [1.807, 2.05) is 6.20 Å². The Morgan fingerprint density at radius 3 is 1.97 bits per heavy atom. The van der Waals surface area contributed by atoms with Gasteiger partial charge in [0.1, 0.15) is 0 Å². The Kier molecular flexibility index (Phi) is 11.5. The van der Waals surface area contributed by atoms with E-state index in [2.05, 4.69) is 215 Å². The van der Waals surface area contributed by atoms with Gasteiger partial charge in [-0.15, -0.1) is 47.5 Å². The van der Waals surface area contributed by atoms with Crippen molar-refractivity contribution in [1.82, 2.24) is 9.55 Å². The monoisotopic (exact) mass is 971 g/mol. The maximum atomic E-state index is 6.00. The summed E-state index contributed by atoms with van der Waals surface area (Å²) in [4.78, 5) is 13.4. The second kappa shape index (κ2) is 15.9. The summed E-state index contributed by atoms with van der Waals surface area (Å²) in [5.74, 6) is 2.16. The summed E-state index contributed by atoms with van der Waals surface area (Å²) in [6.07, 6.45) is 1.93. The molecule has 0 saturated carbocycles. The van der Waals surface area contributed by atoms with Crippen LogP contribution in [0.1, 0.15) is 97.1 Å². The summed E-state index contributed by atoms with van der Waals surface area (Å²) >= 11 is 0. The number of pyridine rings is 1. The predicted octanol–water partition coefficient (Wildman–Crippen LogP) is 14.1. The van der Waals surface area contributed by atoms with E-state index in [4.69, 9.17) is 9.98 Å². The van der Waals surface area contributed by atoms with Gasteiger partial charge in [0.15, 0.2) is 0 Å². The van der Waals surface area contributed by atoms with Gasteiger partial charge < -0.3 is 19.4 Å². The molecule has 0 amide bonds. The van der Waals surface area contributed by atoms with Crippen molar-refractivity contribution in [3.63, 3.8) is 0 Å². The molecule has 7 aromatic rings. The quantitative estimate of drug-likeness (QED) is 0.142. The summed E-state index contributed by atoms with van der Waals surface area (Å²) in [7, 11) is 0. The second-order valence-corrected chi connectivity index (χ2v) is 19.4. The summed E-state index contributed by atoms with van der Waals surface area (Å²) in [6.45, 7) is 30.2. The number of aryl methyl sites for hydroxylation is 3. The van der Waals surface area contributed by atoms with Crippen LogP contribution in [0.15, 0.2) is 114 Å². The first-order chi connectivity index (χ1) is 27.9. The third-order valence-corrected chi connectivity index (χ3v) is 13.2. The zero-order valence-corrected chi connectivity index (χ0v) is 40.0. The van der Waals surface area contributed by atoms with Gasteiger partial charge in [0, 0.05) is 17.4 Å². The van der Waals surface area contributed by atoms with Gasteiger partial charge in [0.2, 0.25) is 0 Å². The van der Waals surface area contributed by atoms with Gasteiger partial charge >= 0.3 is 21.1 Å². The van der Waals surface area contributed by atoms with Crippen LogP contribution in [0.25, 0.3) is 49.9 Å². The Morgan fingerprint density at radius 2 is 1.32 bits per heavy atom. The molecule has 1 aliphatic heterocycles. The number of rotatable bonds is 8. The van der Waals surface area contributed by atoms with Gasteiger partial charge in [0.25, 0.3) is 0 Å². The van der Waals surface area contributed by atoms with Crippen LogP contribution >= 0.6 is 0 Å². The number of amidine groups is 1. The summed E-state index contributed by atoms with van der Waals surface area (Å²) in [5, 5.41) is 2.32. The number of aromatic nitrogens is 2. The molecule has 0 N–H and O–H groups in total. The number of aliphatic imine (C=N–C) groups is 1. The van der Waals surface area contributed by atoms with E-state index in [1.54, 1.807) is 0 Å². The number of benzene rings is 5. The Hall–Kier alpha value is -4.79. The molecule has 0 spiro atoms. The molecule has 310 valence electrons. The van der Waals surface area contributed by atoms with Gasteiger partial charge in [0.05, 0.1) is 16.9 Å². The number of para-hydroxylation sites is 1. The van der Waals surface area contributed by atoms with Crippen molar-refractivity contribution < 1.29 is 21.1 Å². The average Bonchev–Trinajstić information content (AvgIpc) is 3.61. The van der Waals surface area contributed by atoms with Crippen LogP contribution in [0.4, 0.5) is 5.69 Å². The molecule has 0 radical (unpaired) electrons. The molecule has 1 aliphatic rings. The summed E-state index contributed by atoms with van der Waals surface area (Å²) in [6, 6.07) is 45.4. The van der Waals surface area contributed by atoms with Gasteiger partial charge in [-0.25, -0.2) is 0 Å². The van der Waals surface area contributed by atoms with Crippen LogP contribution in [-0.2, 0) is 26.5 Å². The van der Waals surface area contributed by atoms with Crippen LogP contribution in [0, 0.1) is 50.7 Å². The van der Waals surface area contributed by atoms with Gasteiger partial charge in [-0.1, -0.05) is 132 Å². The molecule has 5 heteroatoms. The first-order valence-corrected chi connectivity index (χ1v) is 21.4. The van der Waals surface area contributed by atoms with E-state index in [-0.39, 0.29) is 32.0 Å². The fourth-order valence-corrected chi connectivity index (χ4v) is 10.5. The maximum Gasteiger partial charge on any atom is 2.00 e. The minimum Gasteiger partial charge on any atom is -0.358 e. The molecule has 5 aromatic carbocycles. The van der Waals surface area contributed by atoms with Gasteiger partial charge in [-0.3, -0.25) is 0 Å². The van der Waals surface area contributed by atoms with E-state index in [0.717, 1.165) is 55.9 Å². The standard InChI is InChI=1S/C55H60N4.Pt/c1-34(2)50(35(3)4)55(13)54(11,12)59(51-37(6)27-36(5)28-38(51)7)52(57-55)42-29-41(39-19-15-14-16-20-39)30-44(31-42)58-48-22-18-17-21-45(48)46-24-23-40(32-49(46)58)47-33-43(25-26-56-47)53(8,9)10;/h14-30,33-35,50H,1-13H3;/q-2;+2/t55-;/m1./s1. The van der Waals surface area contributed by atoms with E-state index >= 15 is 0 Å². The molecule has 60 heavy (non-hydrogen) atoms. The van der Waals surface area contributed by atoms with Crippen molar-refractivity contribution in [2.24, 2.45) is 22.7 Å². The van der Waals surface area contributed by atoms with Crippen LogP contribution < -0.4 is 4.90 Å². The minimum absolute atomic E-state index is 0. The zero-order valence-electron chi connectivity index (χ0n) is 37.7. The fraction of sp³-hybridized carbons (Fsp3) is 0.345.